The molecule has 5 nitrogen and oxygen atoms in total. The van der Waals surface area contributed by atoms with Crippen LogP contribution >= 0.6 is 0 Å². The maximum Gasteiger partial charge on any atom is 0.241 e. The molecule has 0 atom stereocenters. The van der Waals surface area contributed by atoms with E-state index in [-0.39, 0.29) is 16.0 Å². The molecule has 134 valence electrons. The summed E-state index contributed by atoms with van der Waals surface area (Å²) >= 11 is 0. The molecule has 0 aromatic heterocycles. The van der Waals surface area contributed by atoms with E-state index in [9.17, 15) is 17.6 Å². The van der Waals surface area contributed by atoms with Gasteiger partial charge in [-0.1, -0.05) is 39.0 Å². The summed E-state index contributed by atoms with van der Waals surface area (Å²) in [5.41, 5.74) is 1.19. The molecule has 0 radical (unpaired) electrons. The lowest BCUT2D eigenvalue weighted by atomic mass is 9.87. The third-order valence-electron chi connectivity index (χ3n) is 3.56. The number of carbonyl (C=O) groups excluding carboxylic acids is 1. The van der Waals surface area contributed by atoms with E-state index in [2.05, 4.69) is 10.0 Å². The molecule has 0 saturated carbocycles. The highest BCUT2D eigenvalue weighted by Gasteiger charge is 2.18. The summed E-state index contributed by atoms with van der Waals surface area (Å²) in [5, 5.41) is 2.43. The fourth-order valence-electron chi connectivity index (χ4n) is 2.15. The van der Waals surface area contributed by atoms with Gasteiger partial charge in [0, 0.05) is 5.69 Å². The van der Waals surface area contributed by atoms with Crippen molar-refractivity contribution in [3.05, 3.63) is 59.9 Å². The molecule has 0 heterocycles. The molecule has 0 aliphatic rings. The van der Waals surface area contributed by atoms with Gasteiger partial charge in [0.1, 0.15) is 5.82 Å². The predicted molar refractivity (Wildman–Crippen MR) is 95.4 cm³/mol. The van der Waals surface area contributed by atoms with Crippen molar-refractivity contribution in [2.75, 3.05) is 11.9 Å². The summed E-state index contributed by atoms with van der Waals surface area (Å²) in [5.74, 6) is -1.07. The molecule has 0 aliphatic carbocycles. The molecule has 7 heteroatoms. The number of anilines is 1. The largest absolute Gasteiger partial charge is 0.325 e. The van der Waals surface area contributed by atoms with Crippen molar-refractivity contribution in [1.82, 2.24) is 4.72 Å². The van der Waals surface area contributed by atoms with E-state index >= 15 is 0 Å². The highest BCUT2D eigenvalue weighted by atomic mass is 32.2. The summed E-state index contributed by atoms with van der Waals surface area (Å²) in [4.78, 5) is 11.9. The Morgan fingerprint density at radius 3 is 2.28 bits per heavy atom. The van der Waals surface area contributed by atoms with Crippen molar-refractivity contribution in [2.24, 2.45) is 0 Å². The van der Waals surface area contributed by atoms with Crippen molar-refractivity contribution >= 4 is 21.6 Å². The molecule has 0 unspecified atom stereocenters. The minimum absolute atomic E-state index is 0.0825. The highest BCUT2D eigenvalue weighted by molar-refractivity contribution is 7.89. The first-order valence-corrected chi connectivity index (χ1v) is 9.22. The smallest absolute Gasteiger partial charge is 0.241 e. The quantitative estimate of drug-likeness (QED) is 0.856. The van der Waals surface area contributed by atoms with Crippen LogP contribution in [0.2, 0.25) is 0 Å². The molecule has 0 fully saturated rings. The summed E-state index contributed by atoms with van der Waals surface area (Å²) in [6.45, 7) is 5.66. The van der Waals surface area contributed by atoms with Crippen molar-refractivity contribution in [1.29, 1.82) is 0 Å². The third kappa shape index (κ3) is 5.37. The van der Waals surface area contributed by atoms with Crippen LogP contribution in [0.15, 0.2) is 53.4 Å². The molecule has 1 amide bonds. The van der Waals surface area contributed by atoms with Crippen molar-refractivity contribution in [3.63, 3.8) is 0 Å². The van der Waals surface area contributed by atoms with Crippen molar-refractivity contribution < 1.29 is 17.6 Å². The number of halogens is 1. The Balaban J connectivity index is 2.00. The Kier molecular flexibility index (Phi) is 5.59. The second-order valence-corrected chi connectivity index (χ2v) is 8.42. The second-order valence-electron chi connectivity index (χ2n) is 6.66. The van der Waals surface area contributed by atoms with Gasteiger partial charge in [-0.3, -0.25) is 4.79 Å². The molecule has 0 aliphatic heterocycles. The van der Waals surface area contributed by atoms with Crippen LogP contribution in [0.25, 0.3) is 0 Å². The van der Waals surface area contributed by atoms with Gasteiger partial charge in [0.2, 0.25) is 15.9 Å². The van der Waals surface area contributed by atoms with Crippen LogP contribution in [0, 0.1) is 5.82 Å². The SMILES string of the molecule is CC(C)(C)c1ccc(S(=O)(=O)NCC(=O)Nc2cccc(F)c2)cc1. The van der Waals surface area contributed by atoms with Gasteiger partial charge in [-0.05, 0) is 41.3 Å². The fraction of sp³-hybridized carbons (Fsp3) is 0.278. The van der Waals surface area contributed by atoms with E-state index in [4.69, 9.17) is 0 Å². The van der Waals surface area contributed by atoms with E-state index in [0.29, 0.717) is 0 Å². The Morgan fingerprint density at radius 2 is 1.72 bits per heavy atom. The van der Waals surface area contributed by atoms with Gasteiger partial charge in [0.15, 0.2) is 0 Å². The third-order valence-corrected chi connectivity index (χ3v) is 4.98. The molecule has 2 aromatic carbocycles. The standard InChI is InChI=1S/C18H21FN2O3S/c1-18(2,3)13-7-9-16(10-8-13)25(23,24)20-12-17(22)21-15-6-4-5-14(19)11-15/h4-11,20H,12H2,1-3H3,(H,21,22). The predicted octanol–water partition coefficient (Wildman–Crippen LogP) is 3.04. The number of rotatable bonds is 5. The lowest BCUT2D eigenvalue weighted by Gasteiger charge is -2.19. The van der Waals surface area contributed by atoms with Gasteiger partial charge >= 0.3 is 0 Å². The number of sulfonamides is 1. The minimum atomic E-state index is -3.80. The minimum Gasteiger partial charge on any atom is -0.325 e. The Hall–Kier alpha value is -2.25. The van der Waals surface area contributed by atoms with Crippen LogP contribution in [-0.4, -0.2) is 20.9 Å². The average molecular weight is 364 g/mol. The Morgan fingerprint density at radius 1 is 1.08 bits per heavy atom. The van der Waals surface area contributed by atoms with E-state index in [1.165, 1.54) is 30.3 Å². The van der Waals surface area contributed by atoms with Crippen LogP contribution in [0.5, 0.6) is 0 Å². The van der Waals surface area contributed by atoms with Crippen LogP contribution in [0.4, 0.5) is 10.1 Å². The zero-order valence-corrected chi connectivity index (χ0v) is 15.2. The van der Waals surface area contributed by atoms with Gasteiger partial charge in [0.05, 0.1) is 11.4 Å². The topological polar surface area (TPSA) is 75.3 Å². The lowest BCUT2D eigenvalue weighted by molar-refractivity contribution is -0.115. The molecule has 2 rings (SSSR count). The number of hydrogen-bond acceptors (Lipinski definition) is 3. The van der Waals surface area contributed by atoms with Gasteiger partial charge in [-0.25, -0.2) is 17.5 Å². The Labute approximate surface area is 147 Å². The summed E-state index contributed by atoms with van der Waals surface area (Å²) in [6.07, 6.45) is 0. The summed E-state index contributed by atoms with van der Waals surface area (Å²) in [7, 11) is -3.80. The number of nitrogens with one attached hydrogen (secondary N) is 2. The normalized spacial score (nSPS) is 12.0. The van der Waals surface area contributed by atoms with Gasteiger partial charge in [-0.15, -0.1) is 0 Å². The molecule has 0 bridgehead atoms. The monoisotopic (exact) mass is 364 g/mol. The Bertz CT molecular complexity index is 857. The number of hydrogen-bond donors (Lipinski definition) is 2. The maximum atomic E-state index is 13.1. The van der Waals surface area contributed by atoms with Crippen LogP contribution in [0.3, 0.4) is 0 Å². The second kappa shape index (κ2) is 7.33. The molecule has 2 aromatic rings. The zero-order valence-electron chi connectivity index (χ0n) is 14.3. The van der Waals surface area contributed by atoms with Crippen LogP contribution in [-0.2, 0) is 20.2 Å². The summed E-state index contributed by atoms with van der Waals surface area (Å²) in [6, 6.07) is 11.9. The van der Waals surface area contributed by atoms with Crippen molar-refractivity contribution in [3.8, 4) is 0 Å². The van der Waals surface area contributed by atoms with Gasteiger partial charge in [-0.2, -0.15) is 0 Å². The van der Waals surface area contributed by atoms with E-state index in [0.717, 1.165) is 11.6 Å². The van der Waals surface area contributed by atoms with E-state index in [1.807, 2.05) is 20.8 Å². The summed E-state index contributed by atoms with van der Waals surface area (Å²) < 4.78 is 39.8. The lowest BCUT2D eigenvalue weighted by Crippen LogP contribution is -2.33. The molecule has 0 spiro atoms. The van der Waals surface area contributed by atoms with Gasteiger partial charge < -0.3 is 5.32 Å². The average Bonchev–Trinajstić information content (AvgIpc) is 2.52. The van der Waals surface area contributed by atoms with Crippen molar-refractivity contribution in [2.45, 2.75) is 31.1 Å². The van der Waals surface area contributed by atoms with Crippen LogP contribution in [0.1, 0.15) is 26.3 Å². The molecule has 25 heavy (non-hydrogen) atoms. The molecule has 2 N–H and O–H groups in total. The first-order valence-electron chi connectivity index (χ1n) is 7.73. The molecule has 0 saturated heterocycles. The zero-order chi connectivity index (χ0) is 18.7. The maximum absolute atomic E-state index is 13.1. The molecular formula is C18H21FN2O3S. The number of amides is 1. The van der Waals surface area contributed by atoms with Crippen LogP contribution < -0.4 is 10.0 Å². The highest BCUT2D eigenvalue weighted by Crippen LogP contribution is 2.23. The fourth-order valence-corrected chi connectivity index (χ4v) is 3.13. The van der Waals surface area contributed by atoms with E-state index in [1.54, 1.807) is 12.1 Å². The van der Waals surface area contributed by atoms with Gasteiger partial charge in [0.25, 0.3) is 0 Å². The number of carbonyl (C=O) groups is 1. The first-order chi connectivity index (χ1) is 11.6. The first kappa shape index (κ1) is 19.1. The molecular weight excluding hydrogens is 343 g/mol. The number of benzene rings is 2. The van der Waals surface area contributed by atoms with E-state index < -0.39 is 28.3 Å².